The summed E-state index contributed by atoms with van der Waals surface area (Å²) in [6, 6.07) is 12.4. The molecule has 2 aromatic carbocycles. The van der Waals surface area contributed by atoms with Crippen molar-refractivity contribution in [1.29, 1.82) is 0 Å². The van der Waals surface area contributed by atoms with Crippen LogP contribution in [0.15, 0.2) is 59.6 Å². The Morgan fingerprint density at radius 1 is 1.07 bits per heavy atom. The largest absolute Gasteiger partial charge is 0.366 e. The number of nitrogens with zero attached hydrogens (tertiary/aromatic N) is 3. The van der Waals surface area contributed by atoms with Gasteiger partial charge in [-0.3, -0.25) is 18.6 Å². The van der Waals surface area contributed by atoms with Gasteiger partial charge in [0.2, 0.25) is 5.91 Å². The summed E-state index contributed by atoms with van der Waals surface area (Å²) in [5.74, 6) is -1.01. The Labute approximate surface area is 174 Å². The number of primary amides is 1. The molecule has 9 nitrogen and oxygen atoms in total. The molecule has 0 aliphatic heterocycles. The molecule has 0 unspecified atom stereocenters. The molecule has 0 aliphatic carbocycles. The predicted octanol–water partition coefficient (Wildman–Crippen LogP) is 1.90. The van der Waals surface area contributed by atoms with Crippen LogP contribution < -0.4 is 15.4 Å². The monoisotopic (exact) mass is 427 g/mol. The average Bonchev–Trinajstić information content (AvgIpc) is 3.09. The minimum Gasteiger partial charge on any atom is -0.366 e. The maximum absolute atomic E-state index is 13.0. The first kappa shape index (κ1) is 21.1. The smallest absolute Gasteiger partial charge is 0.265 e. The summed E-state index contributed by atoms with van der Waals surface area (Å²) < 4.78 is 28.4. The molecule has 0 saturated carbocycles. The molecule has 2 amide bonds. The molecule has 3 aromatic rings. The second kappa shape index (κ2) is 7.99. The number of hydrogen-bond acceptors (Lipinski definition) is 5. The lowest BCUT2D eigenvalue weighted by Crippen LogP contribution is -2.30. The van der Waals surface area contributed by atoms with Crippen molar-refractivity contribution in [3.05, 3.63) is 71.4 Å². The Kier molecular flexibility index (Phi) is 5.61. The molecule has 0 spiro atoms. The highest BCUT2D eigenvalue weighted by atomic mass is 32.2. The van der Waals surface area contributed by atoms with Crippen LogP contribution in [0.1, 0.15) is 26.3 Å². The molecule has 0 atom stereocenters. The van der Waals surface area contributed by atoms with E-state index in [0.717, 1.165) is 9.87 Å². The van der Waals surface area contributed by atoms with Gasteiger partial charge >= 0.3 is 0 Å². The van der Waals surface area contributed by atoms with Crippen LogP contribution in [-0.2, 0) is 17.1 Å². The number of hydrogen-bond donors (Lipinski definition) is 2. The van der Waals surface area contributed by atoms with Gasteiger partial charge in [0.05, 0.1) is 11.1 Å². The molecule has 156 valence electrons. The van der Waals surface area contributed by atoms with Gasteiger partial charge in [0.25, 0.3) is 15.9 Å². The van der Waals surface area contributed by atoms with Crippen molar-refractivity contribution in [2.24, 2.45) is 12.8 Å². The van der Waals surface area contributed by atoms with Gasteiger partial charge in [-0.1, -0.05) is 17.7 Å². The summed E-state index contributed by atoms with van der Waals surface area (Å²) in [6.45, 7) is 1.86. The zero-order valence-corrected chi connectivity index (χ0v) is 17.5. The van der Waals surface area contributed by atoms with Gasteiger partial charge < -0.3 is 11.1 Å². The summed E-state index contributed by atoms with van der Waals surface area (Å²) in [5, 5.41) is 6.71. The summed E-state index contributed by atoms with van der Waals surface area (Å²) in [7, 11) is -0.988. The Morgan fingerprint density at radius 2 is 1.67 bits per heavy atom. The van der Waals surface area contributed by atoms with E-state index in [1.807, 2.05) is 6.92 Å². The number of aryl methyl sites for hydroxylation is 2. The van der Waals surface area contributed by atoms with Gasteiger partial charge in [0, 0.05) is 25.3 Å². The van der Waals surface area contributed by atoms with Gasteiger partial charge in [-0.25, -0.2) is 8.42 Å². The number of aromatic nitrogens is 2. The van der Waals surface area contributed by atoms with Crippen molar-refractivity contribution in [3.8, 4) is 0 Å². The highest BCUT2D eigenvalue weighted by Crippen LogP contribution is 2.26. The lowest BCUT2D eigenvalue weighted by atomic mass is 10.2. The Morgan fingerprint density at radius 3 is 2.23 bits per heavy atom. The van der Waals surface area contributed by atoms with E-state index < -0.39 is 21.8 Å². The van der Waals surface area contributed by atoms with E-state index in [4.69, 9.17) is 5.73 Å². The van der Waals surface area contributed by atoms with Gasteiger partial charge in [-0.2, -0.15) is 5.10 Å². The van der Waals surface area contributed by atoms with E-state index in [-0.39, 0.29) is 16.3 Å². The number of anilines is 2. The molecule has 1 heterocycles. The zero-order chi connectivity index (χ0) is 22.1. The maximum Gasteiger partial charge on any atom is 0.265 e. The number of sulfonamides is 1. The summed E-state index contributed by atoms with van der Waals surface area (Å²) in [6.07, 6.45) is 1.30. The van der Waals surface area contributed by atoms with Crippen molar-refractivity contribution in [2.45, 2.75) is 11.8 Å². The van der Waals surface area contributed by atoms with Crippen LogP contribution in [0.25, 0.3) is 0 Å². The maximum atomic E-state index is 13.0. The van der Waals surface area contributed by atoms with Crippen molar-refractivity contribution >= 4 is 33.3 Å². The van der Waals surface area contributed by atoms with Crippen LogP contribution in [-0.4, -0.2) is 37.1 Å². The van der Waals surface area contributed by atoms with E-state index >= 15 is 0 Å². The number of rotatable bonds is 6. The number of carbonyl (C=O) groups excluding carboxylic acids is 2. The molecule has 3 N–H and O–H groups in total. The summed E-state index contributed by atoms with van der Waals surface area (Å²) in [5.41, 5.74) is 6.94. The van der Waals surface area contributed by atoms with Crippen LogP contribution in [0.5, 0.6) is 0 Å². The predicted molar refractivity (Wildman–Crippen MR) is 113 cm³/mol. The Bertz CT molecular complexity index is 1200. The number of amides is 2. The van der Waals surface area contributed by atoms with Crippen LogP contribution in [0.4, 0.5) is 11.5 Å². The van der Waals surface area contributed by atoms with Gasteiger partial charge in [0.15, 0.2) is 5.82 Å². The molecular weight excluding hydrogens is 406 g/mol. The lowest BCUT2D eigenvalue weighted by Gasteiger charge is -2.21. The third-order valence-corrected chi connectivity index (χ3v) is 6.32. The molecule has 1 aromatic heterocycles. The average molecular weight is 427 g/mol. The normalized spacial score (nSPS) is 11.2. The third-order valence-electron chi connectivity index (χ3n) is 4.56. The first-order chi connectivity index (χ1) is 14.1. The SMILES string of the molecule is Cc1ccc(S(=O)(=O)N(C)c2c(C(=O)Nc3ccc(C(N)=O)cc3)cnn2C)cc1. The number of carbonyl (C=O) groups is 2. The molecule has 0 radical (unpaired) electrons. The third kappa shape index (κ3) is 4.03. The standard InChI is InChI=1S/C20H21N5O4S/c1-13-4-10-16(11-5-13)30(28,29)25(3)20-17(12-22-24(20)2)19(27)23-15-8-6-14(7-9-15)18(21)26/h4-12H,1-3H3,(H2,21,26)(H,23,27). The van der Waals surface area contributed by atoms with E-state index in [0.29, 0.717) is 11.3 Å². The first-order valence-corrected chi connectivity index (χ1v) is 10.3. The first-order valence-electron chi connectivity index (χ1n) is 8.90. The molecule has 0 bridgehead atoms. The van der Waals surface area contributed by atoms with Crippen LogP contribution in [0.2, 0.25) is 0 Å². The number of nitrogens with one attached hydrogen (secondary N) is 1. The Balaban J connectivity index is 1.91. The molecule has 0 saturated heterocycles. The van der Waals surface area contributed by atoms with Crippen molar-refractivity contribution < 1.29 is 18.0 Å². The van der Waals surface area contributed by atoms with E-state index in [2.05, 4.69) is 10.4 Å². The van der Waals surface area contributed by atoms with Gasteiger partial charge in [-0.05, 0) is 43.3 Å². The second-order valence-corrected chi connectivity index (χ2v) is 8.66. The second-order valence-electron chi connectivity index (χ2n) is 6.69. The lowest BCUT2D eigenvalue weighted by molar-refractivity contribution is 0.0998. The fourth-order valence-corrected chi connectivity index (χ4v) is 4.10. The van der Waals surface area contributed by atoms with Crippen molar-refractivity contribution in [1.82, 2.24) is 9.78 Å². The molecule has 0 aliphatic rings. The fraction of sp³-hybridized carbons (Fsp3) is 0.150. The zero-order valence-electron chi connectivity index (χ0n) is 16.7. The highest BCUT2D eigenvalue weighted by Gasteiger charge is 2.28. The van der Waals surface area contributed by atoms with E-state index in [1.54, 1.807) is 19.2 Å². The number of benzene rings is 2. The number of nitrogens with two attached hydrogens (primary N) is 1. The molecule has 30 heavy (non-hydrogen) atoms. The minimum atomic E-state index is -3.90. The summed E-state index contributed by atoms with van der Waals surface area (Å²) in [4.78, 5) is 24.1. The Hall–Kier alpha value is -3.66. The fourth-order valence-electron chi connectivity index (χ4n) is 2.86. The van der Waals surface area contributed by atoms with Crippen LogP contribution in [0, 0.1) is 6.92 Å². The van der Waals surface area contributed by atoms with Gasteiger partial charge in [0.1, 0.15) is 5.56 Å². The minimum absolute atomic E-state index is 0.0784. The van der Waals surface area contributed by atoms with E-state index in [1.165, 1.54) is 54.3 Å². The molecule has 0 fully saturated rings. The van der Waals surface area contributed by atoms with Crippen LogP contribution in [0.3, 0.4) is 0 Å². The van der Waals surface area contributed by atoms with E-state index in [9.17, 15) is 18.0 Å². The quantitative estimate of drug-likeness (QED) is 0.621. The highest BCUT2D eigenvalue weighted by molar-refractivity contribution is 7.92. The topological polar surface area (TPSA) is 127 Å². The molecule has 10 heteroatoms. The van der Waals surface area contributed by atoms with Crippen molar-refractivity contribution in [3.63, 3.8) is 0 Å². The van der Waals surface area contributed by atoms with Gasteiger partial charge in [-0.15, -0.1) is 0 Å². The van der Waals surface area contributed by atoms with Crippen LogP contribution >= 0.6 is 0 Å². The summed E-state index contributed by atoms with van der Waals surface area (Å²) >= 11 is 0. The molecule has 3 rings (SSSR count). The van der Waals surface area contributed by atoms with Crippen molar-refractivity contribution in [2.75, 3.05) is 16.7 Å². The molecular formula is C20H21N5O4S.